The minimum absolute atomic E-state index is 0.327. The summed E-state index contributed by atoms with van der Waals surface area (Å²) in [5.74, 6) is -1.97. The highest BCUT2D eigenvalue weighted by Gasteiger charge is 2.30. The average Bonchev–Trinajstić information content (AvgIpc) is 2.37. The van der Waals surface area contributed by atoms with Crippen LogP contribution in [0.4, 0.5) is 14.6 Å². The number of pyridine rings is 1. The molecule has 0 spiro atoms. The first-order valence-corrected chi connectivity index (χ1v) is 4.83. The molecule has 0 aliphatic rings. The standard InChI is InChI=1S/C10H7F2N3O4/c1-19-7(16)2-6-5(3-13)4-14-10(15(17)18)8(6)9(11)12/h4,9H,2H2,1H3. The van der Waals surface area contributed by atoms with Crippen molar-refractivity contribution < 1.29 is 23.2 Å². The number of nitro groups is 1. The van der Waals surface area contributed by atoms with Crippen LogP contribution in [0.2, 0.25) is 0 Å². The number of aromatic nitrogens is 1. The Labute approximate surface area is 105 Å². The van der Waals surface area contributed by atoms with Crippen LogP contribution in [-0.2, 0) is 16.0 Å². The molecule has 7 nitrogen and oxygen atoms in total. The van der Waals surface area contributed by atoms with Gasteiger partial charge in [-0.05, 0) is 9.91 Å². The Hall–Kier alpha value is -2.63. The van der Waals surface area contributed by atoms with Gasteiger partial charge >= 0.3 is 11.8 Å². The van der Waals surface area contributed by atoms with Crippen molar-refractivity contribution >= 4 is 11.8 Å². The number of nitrogens with zero attached hydrogens (tertiary/aromatic N) is 3. The molecule has 0 bridgehead atoms. The molecule has 0 amide bonds. The fourth-order valence-corrected chi connectivity index (χ4v) is 1.43. The summed E-state index contributed by atoms with van der Waals surface area (Å²) >= 11 is 0. The fraction of sp³-hybridized carbons (Fsp3) is 0.300. The highest BCUT2D eigenvalue weighted by Crippen LogP contribution is 2.32. The lowest BCUT2D eigenvalue weighted by molar-refractivity contribution is -0.391. The Kier molecular flexibility index (Phi) is 4.41. The molecule has 19 heavy (non-hydrogen) atoms. The molecule has 100 valence electrons. The van der Waals surface area contributed by atoms with Gasteiger partial charge in [0, 0.05) is 5.56 Å². The molecular weight excluding hydrogens is 264 g/mol. The van der Waals surface area contributed by atoms with Crippen molar-refractivity contribution in [3.8, 4) is 6.07 Å². The van der Waals surface area contributed by atoms with Crippen LogP contribution in [0.5, 0.6) is 0 Å². The number of carbonyl (C=O) groups excluding carboxylic acids is 1. The number of esters is 1. The summed E-state index contributed by atoms with van der Waals surface area (Å²) in [4.78, 5) is 23.9. The van der Waals surface area contributed by atoms with Gasteiger partial charge in [0.05, 0.1) is 13.5 Å². The van der Waals surface area contributed by atoms with Crippen molar-refractivity contribution in [2.45, 2.75) is 12.8 Å². The Balaban J connectivity index is 3.53. The summed E-state index contributed by atoms with van der Waals surface area (Å²) in [6.07, 6.45) is -3.12. The maximum atomic E-state index is 12.9. The topological polar surface area (TPSA) is 106 Å². The van der Waals surface area contributed by atoms with E-state index >= 15 is 0 Å². The highest BCUT2D eigenvalue weighted by atomic mass is 19.3. The van der Waals surface area contributed by atoms with Gasteiger partial charge in [-0.25, -0.2) is 8.78 Å². The third kappa shape index (κ3) is 2.98. The van der Waals surface area contributed by atoms with Crippen molar-refractivity contribution in [1.29, 1.82) is 5.26 Å². The monoisotopic (exact) mass is 271 g/mol. The molecule has 0 aliphatic heterocycles. The van der Waals surface area contributed by atoms with Gasteiger partial charge in [-0.2, -0.15) is 5.26 Å². The predicted octanol–water partition coefficient (Wildman–Crippen LogP) is 1.51. The second-order valence-corrected chi connectivity index (χ2v) is 3.31. The Morgan fingerprint density at radius 3 is 2.74 bits per heavy atom. The normalized spacial score (nSPS) is 10.1. The van der Waals surface area contributed by atoms with Crippen LogP contribution in [0, 0.1) is 21.4 Å². The molecule has 1 heterocycles. The summed E-state index contributed by atoms with van der Waals surface area (Å²) in [5.41, 5.74) is -1.80. The van der Waals surface area contributed by atoms with E-state index in [9.17, 15) is 23.7 Å². The van der Waals surface area contributed by atoms with Crippen LogP contribution in [0.15, 0.2) is 6.20 Å². The molecule has 0 atom stereocenters. The van der Waals surface area contributed by atoms with Crippen molar-refractivity contribution in [2.24, 2.45) is 0 Å². The number of alkyl halides is 2. The van der Waals surface area contributed by atoms with E-state index in [0.29, 0.717) is 0 Å². The summed E-state index contributed by atoms with van der Waals surface area (Å²) < 4.78 is 30.1. The molecule has 0 N–H and O–H groups in total. The van der Waals surface area contributed by atoms with E-state index in [4.69, 9.17) is 5.26 Å². The maximum Gasteiger partial charge on any atom is 0.372 e. The van der Waals surface area contributed by atoms with E-state index in [-0.39, 0.29) is 5.56 Å². The van der Waals surface area contributed by atoms with Crippen LogP contribution in [0.3, 0.4) is 0 Å². The van der Waals surface area contributed by atoms with Crippen molar-refractivity contribution in [1.82, 2.24) is 4.98 Å². The number of nitriles is 1. The molecule has 0 unspecified atom stereocenters. The maximum absolute atomic E-state index is 12.9. The van der Waals surface area contributed by atoms with E-state index in [2.05, 4.69) is 9.72 Å². The summed E-state index contributed by atoms with van der Waals surface area (Å²) in [7, 11) is 1.03. The van der Waals surface area contributed by atoms with E-state index in [1.165, 1.54) is 0 Å². The van der Waals surface area contributed by atoms with E-state index in [1.807, 2.05) is 0 Å². The average molecular weight is 271 g/mol. The Morgan fingerprint density at radius 2 is 2.32 bits per heavy atom. The summed E-state index contributed by atoms with van der Waals surface area (Å²) in [6.45, 7) is 0. The molecule has 1 aromatic heterocycles. The first kappa shape index (κ1) is 14.4. The number of methoxy groups -OCH3 is 1. The van der Waals surface area contributed by atoms with Gasteiger partial charge in [-0.3, -0.25) is 4.79 Å². The molecule has 0 fully saturated rings. The van der Waals surface area contributed by atoms with Gasteiger partial charge in [-0.1, -0.05) is 0 Å². The molecule has 1 rings (SSSR count). The third-order valence-corrected chi connectivity index (χ3v) is 2.27. The predicted molar refractivity (Wildman–Crippen MR) is 56.3 cm³/mol. The van der Waals surface area contributed by atoms with Crippen LogP contribution >= 0.6 is 0 Å². The van der Waals surface area contributed by atoms with Crippen molar-refractivity contribution in [3.05, 3.63) is 33.0 Å². The second-order valence-electron chi connectivity index (χ2n) is 3.31. The zero-order chi connectivity index (χ0) is 14.6. The molecule has 0 aromatic carbocycles. The van der Waals surface area contributed by atoms with E-state index in [0.717, 1.165) is 13.3 Å². The number of halogens is 2. The number of hydrogen-bond acceptors (Lipinski definition) is 6. The van der Waals surface area contributed by atoms with Crippen LogP contribution in [-0.4, -0.2) is 23.0 Å². The van der Waals surface area contributed by atoms with E-state index in [1.54, 1.807) is 6.07 Å². The van der Waals surface area contributed by atoms with Crippen LogP contribution < -0.4 is 0 Å². The van der Waals surface area contributed by atoms with Gasteiger partial charge < -0.3 is 14.9 Å². The summed E-state index contributed by atoms with van der Waals surface area (Å²) in [6, 6.07) is 1.56. The molecule has 1 aromatic rings. The van der Waals surface area contributed by atoms with Gasteiger partial charge in [0.2, 0.25) is 0 Å². The molecule has 0 saturated carbocycles. The minimum Gasteiger partial charge on any atom is -0.469 e. The first-order valence-electron chi connectivity index (χ1n) is 4.83. The molecule has 0 radical (unpaired) electrons. The zero-order valence-electron chi connectivity index (χ0n) is 9.59. The zero-order valence-corrected chi connectivity index (χ0v) is 9.59. The van der Waals surface area contributed by atoms with Gasteiger partial charge in [0.15, 0.2) is 6.20 Å². The molecule has 0 saturated heterocycles. The van der Waals surface area contributed by atoms with Crippen LogP contribution in [0.1, 0.15) is 23.1 Å². The Bertz CT molecular complexity index is 569. The molecule has 9 heteroatoms. The Morgan fingerprint density at radius 1 is 1.68 bits per heavy atom. The van der Waals surface area contributed by atoms with Gasteiger partial charge in [0.1, 0.15) is 17.2 Å². The van der Waals surface area contributed by atoms with Crippen molar-refractivity contribution in [2.75, 3.05) is 7.11 Å². The number of ether oxygens (including phenoxy) is 1. The van der Waals surface area contributed by atoms with Gasteiger partial charge in [0.25, 0.3) is 6.43 Å². The number of rotatable bonds is 4. The molecular formula is C10H7F2N3O4. The quantitative estimate of drug-likeness (QED) is 0.466. The fourth-order valence-electron chi connectivity index (χ4n) is 1.43. The SMILES string of the molecule is COC(=O)Cc1c(C#N)cnc([N+](=O)[O-])c1C(F)F. The minimum atomic E-state index is -3.24. The smallest absolute Gasteiger partial charge is 0.372 e. The number of hydrogen-bond donors (Lipinski definition) is 0. The highest BCUT2D eigenvalue weighted by molar-refractivity contribution is 5.74. The second kappa shape index (κ2) is 5.81. The first-order chi connectivity index (χ1) is 8.92. The van der Waals surface area contributed by atoms with Crippen LogP contribution in [0.25, 0.3) is 0 Å². The lowest BCUT2D eigenvalue weighted by Gasteiger charge is -2.09. The lowest BCUT2D eigenvalue weighted by Crippen LogP contribution is -2.12. The lowest BCUT2D eigenvalue weighted by atomic mass is 10.0. The third-order valence-electron chi connectivity index (χ3n) is 2.27. The van der Waals surface area contributed by atoms with E-state index < -0.39 is 40.7 Å². The number of carbonyl (C=O) groups is 1. The van der Waals surface area contributed by atoms with Crippen molar-refractivity contribution in [3.63, 3.8) is 0 Å². The largest absolute Gasteiger partial charge is 0.469 e. The van der Waals surface area contributed by atoms with Gasteiger partial charge in [-0.15, -0.1) is 0 Å². The molecule has 0 aliphatic carbocycles. The summed E-state index contributed by atoms with van der Waals surface area (Å²) in [5, 5.41) is 19.4.